The molecule has 0 bridgehead atoms. The second-order valence-corrected chi connectivity index (χ2v) is 6.71. The summed E-state index contributed by atoms with van der Waals surface area (Å²) in [6.07, 6.45) is 4.59. The SMILES string of the molecule is CCOC(=O)C1CSCCN1C(=O)C1(N)CCCCC1. The van der Waals surface area contributed by atoms with Gasteiger partial charge in [0.1, 0.15) is 6.04 Å². The molecule has 2 N–H and O–H groups in total. The van der Waals surface area contributed by atoms with E-state index in [0.29, 0.717) is 18.9 Å². The van der Waals surface area contributed by atoms with E-state index in [1.807, 2.05) is 0 Å². The van der Waals surface area contributed by atoms with Gasteiger partial charge in [0.05, 0.1) is 12.1 Å². The van der Waals surface area contributed by atoms with Crippen LogP contribution >= 0.6 is 11.8 Å². The van der Waals surface area contributed by atoms with Gasteiger partial charge in [-0.1, -0.05) is 19.3 Å². The van der Waals surface area contributed by atoms with Crippen LogP contribution in [0.15, 0.2) is 0 Å². The third kappa shape index (κ3) is 3.28. The maximum Gasteiger partial charge on any atom is 0.329 e. The van der Waals surface area contributed by atoms with Crippen LogP contribution in [0.5, 0.6) is 0 Å². The Labute approximate surface area is 124 Å². The van der Waals surface area contributed by atoms with E-state index in [2.05, 4.69) is 0 Å². The van der Waals surface area contributed by atoms with Crippen molar-refractivity contribution in [2.24, 2.45) is 5.73 Å². The monoisotopic (exact) mass is 300 g/mol. The lowest BCUT2D eigenvalue weighted by atomic mass is 9.81. The molecule has 1 saturated carbocycles. The third-order valence-electron chi connectivity index (χ3n) is 4.12. The fourth-order valence-electron chi connectivity index (χ4n) is 2.96. The maximum absolute atomic E-state index is 12.8. The summed E-state index contributed by atoms with van der Waals surface area (Å²) in [5.41, 5.74) is 5.55. The van der Waals surface area contributed by atoms with Crippen molar-refractivity contribution in [1.29, 1.82) is 0 Å². The van der Waals surface area contributed by atoms with Gasteiger partial charge in [0, 0.05) is 18.1 Å². The molecule has 0 spiro atoms. The van der Waals surface area contributed by atoms with Gasteiger partial charge in [-0.05, 0) is 19.8 Å². The molecular formula is C14H24N2O3S. The Morgan fingerprint density at radius 3 is 2.70 bits per heavy atom. The first kappa shape index (κ1) is 15.6. The second kappa shape index (κ2) is 6.80. The van der Waals surface area contributed by atoms with Crippen LogP contribution < -0.4 is 5.73 Å². The summed E-state index contributed by atoms with van der Waals surface area (Å²) < 4.78 is 5.10. The summed E-state index contributed by atoms with van der Waals surface area (Å²) in [5.74, 6) is 1.11. The third-order valence-corrected chi connectivity index (χ3v) is 5.14. The van der Waals surface area contributed by atoms with E-state index in [1.165, 1.54) is 0 Å². The molecule has 0 aromatic rings. The van der Waals surface area contributed by atoms with Crippen LogP contribution in [0.1, 0.15) is 39.0 Å². The highest BCUT2D eigenvalue weighted by Crippen LogP contribution is 2.30. The lowest BCUT2D eigenvalue weighted by Gasteiger charge is -2.41. The van der Waals surface area contributed by atoms with E-state index in [9.17, 15) is 9.59 Å². The minimum atomic E-state index is -0.773. The molecule has 0 radical (unpaired) electrons. The minimum Gasteiger partial charge on any atom is -0.464 e. The molecule has 5 nitrogen and oxygen atoms in total. The number of rotatable bonds is 3. The fraction of sp³-hybridized carbons (Fsp3) is 0.857. The van der Waals surface area contributed by atoms with Gasteiger partial charge in [0.25, 0.3) is 0 Å². The number of hydrogen-bond acceptors (Lipinski definition) is 5. The van der Waals surface area contributed by atoms with E-state index in [1.54, 1.807) is 23.6 Å². The van der Waals surface area contributed by atoms with E-state index in [4.69, 9.17) is 10.5 Å². The van der Waals surface area contributed by atoms with Gasteiger partial charge in [0.2, 0.25) is 5.91 Å². The molecule has 0 aromatic carbocycles. The number of amides is 1. The Kier molecular flexibility index (Phi) is 5.32. The molecule has 1 heterocycles. The van der Waals surface area contributed by atoms with Crippen LogP contribution in [0, 0.1) is 0 Å². The van der Waals surface area contributed by atoms with Crippen LogP contribution in [-0.4, -0.2) is 53.0 Å². The Hall–Kier alpha value is -0.750. The average Bonchev–Trinajstić information content (AvgIpc) is 2.47. The topological polar surface area (TPSA) is 72.6 Å². The summed E-state index contributed by atoms with van der Waals surface area (Å²) in [6, 6.07) is -0.469. The van der Waals surface area contributed by atoms with Crippen LogP contribution in [0.4, 0.5) is 0 Å². The standard InChI is InChI=1S/C14H24N2O3S/c1-2-19-12(17)11-10-20-9-8-16(11)13(18)14(15)6-4-3-5-7-14/h11H,2-10,15H2,1H3. The fourth-order valence-corrected chi connectivity index (χ4v) is 3.99. The van der Waals surface area contributed by atoms with Gasteiger partial charge in [-0.15, -0.1) is 0 Å². The van der Waals surface area contributed by atoms with Crippen molar-refractivity contribution in [3.63, 3.8) is 0 Å². The Morgan fingerprint density at radius 1 is 1.35 bits per heavy atom. The number of esters is 1. The molecule has 2 aliphatic rings. The second-order valence-electron chi connectivity index (χ2n) is 5.56. The van der Waals surface area contributed by atoms with Crippen LogP contribution in [-0.2, 0) is 14.3 Å². The zero-order valence-corrected chi connectivity index (χ0v) is 12.9. The van der Waals surface area contributed by atoms with Crippen molar-refractivity contribution in [3.8, 4) is 0 Å². The number of nitrogens with two attached hydrogens (primary N) is 1. The molecule has 2 rings (SSSR count). The van der Waals surface area contributed by atoms with E-state index in [0.717, 1.165) is 37.9 Å². The number of carbonyl (C=O) groups excluding carboxylic acids is 2. The van der Waals surface area contributed by atoms with Crippen molar-refractivity contribution in [1.82, 2.24) is 4.90 Å². The van der Waals surface area contributed by atoms with Crippen molar-refractivity contribution < 1.29 is 14.3 Å². The quantitative estimate of drug-likeness (QED) is 0.792. The highest BCUT2D eigenvalue weighted by molar-refractivity contribution is 7.99. The molecule has 1 aliphatic carbocycles. The molecule has 1 saturated heterocycles. The highest BCUT2D eigenvalue weighted by Gasteiger charge is 2.43. The molecule has 6 heteroatoms. The van der Waals surface area contributed by atoms with Crippen molar-refractivity contribution >= 4 is 23.6 Å². The number of carbonyl (C=O) groups is 2. The van der Waals surface area contributed by atoms with Crippen LogP contribution in [0.2, 0.25) is 0 Å². The smallest absolute Gasteiger partial charge is 0.329 e. The molecule has 20 heavy (non-hydrogen) atoms. The van der Waals surface area contributed by atoms with Gasteiger partial charge in [-0.3, -0.25) is 4.79 Å². The molecule has 2 fully saturated rings. The van der Waals surface area contributed by atoms with Crippen molar-refractivity contribution in [2.75, 3.05) is 24.7 Å². The van der Waals surface area contributed by atoms with E-state index in [-0.39, 0.29) is 11.9 Å². The van der Waals surface area contributed by atoms with E-state index >= 15 is 0 Å². The molecular weight excluding hydrogens is 276 g/mol. The Morgan fingerprint density at radius 2 is 2.05 bits per heavy atom. The van der Waals surface area contributed by atoms with Gasteiger partial charge in [-0.2, -0.15) is 11.8 Å². The summed E-state index contributed by atoms with van der Waals surface area (Å²) in [6.45, 7) is 2.72. The summed E-state index contributed by atoms with van der Waals surface area (Å²) in [7, 11) is 0. The van der Waals surface area contributed by atoms with Gasteiger partial charge >= 0.3 is 5.97 Å². The molecule has 0 aromatic heterocycles. The average molecular weight is 300 g/mol. The number of thioether (sulfide) groups is 1. The number of ether oxygens (including phenoxy) is 1. The minimum absolute atomic E-state index is 0.0597. The van der Waals surface area contributed by atoms with Crippen LogP contribution in [0.3, 0.4) is 0 Å². The van der Waals surface area contributed by atoms with Crippen molar-refractivity contribution in [3.05, 3.63) is 0 Å². The Balaban J connectivity index is 2.10. The lowest BCUT2D eigenvalue weighted by Crippen LogP contribution is -2.62. The maximum atomic E-state index is 12.8. The molecule has 114 valence electrons. The van der Waals surface area contributed by atoms with Gasteiger partial charge < -0.3 is 15.4 Å². The molecule has 1 atom stereocenters. The first-order chi connectivity index (χ1) is 9.58. The predicted molar refractivity (Wildman–Crippen MR) is 79.5 cm³/mol. The number of hydrogen-bond donors (Lipinski definition) is 1. The lowest BCUT2D eigenvalue weighted by molar-refractivity contribution is -0.156. The van der Waals surface area contributed by atoms with E-state index < -0.39 is 11.6 Å². The zero-order chi connectivity index (χ0) is 14.6. The zero-order valence-electron chi connectivity index (χ0n) is 12.1. The number of nitrogens with zero attached hydrogens (tertiary/aromatic N) is 1. The molecule has 1 amide bonds. The summed E-state index contributed by atoms with van der Waals surface area (Å²) in [5, 5.41) is 0. The molecule has 1 unspecified atom stereocenters. The normalized spacial score (nSPS) is 26.1. The first-order valence-corrected chi connectivity index (χ1v) is 8.58. The Bertz CT molecular complexity index is 369. The highest BCUT2D eigenvalue weighted by atomic mass is 32.2. The van der Waals surface area contributed by atoms with Gasteiger partial charge in [-0.25, -0.2) is 4.79 Å². The van der Waals surface area contributed by atoms with Gasteiger partial charge in [0.15, 0.2) is 0 Å². The first-order valence-electron chi connectivity index (χ1n) is 7.43. The summed E-state index contributed by atoms with van der Waals surface area (Å²) >= 11 is 1.69. The van der Waals surface area contributed by atoms with Crippen molar-refractivity contribution in [2.45, 2.75) is 50.6 Å². The van der Waals surface area contributed by atoms with Crippen LogP contribution in [0.25, 0.3) is 0 Å². The predicted octanol–water partition coefficient (Wildman–Crippen LogP) is 1.16. The largest absolute Gasteiger partial charge is 0.464 e. The molecule has 1 aliphatic heterocycles. The summed E-state index contributed by atoms with van der Waals surface area (Å²) in [4.78, 5) is 26.5.